The van der Waals surface area contributed by atoms with Crippen LogP contribution in [0.2, 0.25) is 0 Å². The minimum atomic E-state index is 0.216. The van der Waals surface area contributed by atoms with Crippen molar-refractivity contribution < 1.29 is 9.84 Å². The summed E-state index contributed by atoms with van der Waals surface area (Å²) in [6, 6.07) is 8.61. The summed E-state index contributed by atoms with van der Waals surface area (Å²) in [6.45, 7) is 7.07. The normalized spacial score (nSPS) is 18.8. The third-order valence-corrected chi connectivity index (χ3v) is 6.36. The molecule has 0 aliphatic carbocycles. The second-order valence-electron chi connectivity index (χ2n) is 7.42. The Morgan fingerprint density at radius 3 is 3.00 bits per heavy atom. The predicted molar refractivity (Wildman–Crippen MR) is 112 cm³/mol. The van der Waals surface area contributed by atoms with E-state index in [4.69, 9.17) is 4.74 Å². The zero-order valence-corrected chi connectivity index (χ0v) is 17.4. The van der Waals surface area contributed by atoms with Crippen LogP contribution in [0.1, 0.15) is 23.4 Å². The molecule has 0 amide bonds. The lowest BCUT2D eigenvalue weighted by molar-refractivity contribution is 0.0491. The molecule has 3 heterocycles. The highest BCUT2D eigenvalue weighted by Gasteiger charge is 2.27. The zero-order chi connectivity index (χ0) is 19.5. The second kappa shape index (κ2) is 8.61. The minimum Gasteiger partial charge on any atom is -0.497 e. The number of aliphatic hydroxyl groups is 1. The van der Waals surface area contributed by atoms with Gasteiger partial charge in [-0.25, -0.2) is 4.98 Å². The van der Waals surface area contributed by atoms with Crippen LogP contribution in [0, 0.1) is 6.92 Å². The van der Waals surface area contributed by atoms with E-state index in [1.165, 1.54) is 11.3 Å². The van der Waals surface area contributed by atoms with Crippen LogP contribution in [0.15, 0.2) is 35.8 Å². The highest BCUT2D eigenvalue weighted by Crippen LogP contribution is 2.23. The Labute approximate surface area is 170 Å². The molecular weight excluding hydrogens is 372 g/mol. The maximum Gasteiger partial charge on any atom is 0.194 e. The molecule has 0 spiro atoms. The number of thiazole rings is 1. The lowest BCUT2D eigenvalue weighted by Gasteiger charge is -2.41. The van der Waals surface area contributed by atoms with Crippen LogP contribution in [0.25, 0.3) is 4.96 Å². The van der Waals surface area contributed by atoms with E-state index in [1.54, 1.807) is 18.4 Å². The fourth-order valence-electron chi connectivity index (χ4n) is 4.08. The van der Waals surface area contributed by atoms with Gasteiger partial charge in [0.25, 0.3) is 0 Å². The molecule has 1 saturated heterocycles. The van der Waals surface area contributed by atoms with Gasteiger partial charge in [0, 0.05) is 56.9 Å². The summed E-state index contributed by atoms with van der Waals surface area (Å²) >= 11 is 1.68. The van der Waals surface area contributed by atoms with Gasteiger partial charge in [-0.15, -0.1) is 11.3 Å². The van der Waals surface area contributed by atoms with Crippen LogP contribution in [0.4, 0.5) is 0 Å². The molecule has 1 atom stereocenters. The molecule has 1 aliphatic heterocycles. The first-order valence-corrected chi connectivity index (χ1v) is 10.7. The Balaban J connectivity index is 1.45. The Morgan fingerprint density at radius 2 is 2.18 bits per heavy atom. The van der Waals surface area contributed by atoms with Crippen molar-refractivity contribution in [3.63, 3.8) is 0 Å². The summed E-state index contributed by atoms with van der Waals surface area (Å²) in [6.07, 6.45) is 2.90. The molecule has 0 radical (unpaired) electrons. The van der Waals surface area contributed by atoms with Gasteiger partial charge in [-0.3, -0.25) is 14.2 Å². The monoisotopic (exact) mass is 400 g/mol. The third kappa shape index (κ3) is 4.07. The average Bonchev–Trinajstić information content (AvgIpc) is 3.26. The van der Waals surface area contributed by atoms with E-state index in [1.807, 2.05) is 12.1 Å². The topological polar surface area (TPSA) is 53.2 Å². The first kappa shape index (κ1) is 19.4. The number of hydrogen-bond donors (Lipinski definition) is 1. The highest BCUT2D eigenvalue weighted by atomic mass is 32.1. The average molecular weight is 401 g/mol. The number of aromatic nitrogens is 2. The molecule has 6 nitrogen and oxygen atoms in total. The second-order valence-corrected chi connectivity index (χ2v) is 8.30. The number of hydrogen-bond acceptors (Lipinski definition) is 6. The minimum absolute atomic E-state index is 0.216. The van der Waals surface area contributed by atoms with Crippen LogP contribution in [0.3, 0.4) is 0 Å². The first-order chi connectivity index (χ1) is 13.7. The summed E-state index contributed by atoms with van der Waals surface area (Å²) in [7, 11) is 1.70. The molecule has 3 aromatic rings. The number of fused-ring (bicyclic) bond motifs is 1. The summed E-state index contributed by atoms with van der Waals surface area (Å²) in [5.41, 5.74) is 3.65. The van der Waals surface area contributed by atoms with E-state index >= 15 is 0 Å². The predicted octanol–water partition coefficient (Wildman–Crippen LogP) is 2.78. The van der Waals surface area contributed by atoms with Gasteiger partial charge in [-0.05, 0) is 31.0 Å². The lowest BCUT2D eigenvalue weighted by Crippen LogP contribution is -2.52. The van der Waals surface area contributed by atoms with Crippen molar-refractivity contribution in [2.24, 2.45) is 0 Å². The van der Waals surface area contributed by atoms with Crippen molar-refractivity contribution >= 4 is 16.3 Å². The Morgan fingerprint density at radius 1 is 1.29 bits per heavy atom. The summed E-state index contributed by atoms with van der Waals surface area (Å²) in [5, 5.41) is 11.7. The SMILES string of the molecule is COc1cccc(CN2CCN(Cc3c(C)nc4sccn34)CC2CCO)c1. The Kier molecular flexibility index (Phi) is 5.96. The zero-order valence-electron chi connectivity index (χ0n) is 16.5. The van der Waals surface area contributed by atoms with Crippen molar-refractivity contribution in [3.8, 4) is 5.75 Å². The van der Waals surface area contributed by atoms with Crippen molar-refractivity contribution in [2.45, 2.75) is 32.5 Å². The van der Waals surface area contributed by atoms with Crippen molar-refractivity contribution in [1.82, 2.24) is 19.2 Å². The maximum atomic E-state index is 9.61. The fourth-order valence-corrected chi connectivity index (χ4v) is 4.86. The maximum absolute atomic E-state index is 9.61. The molecule has 1 aromatic carbocycles. The quantitative estimate of drug-likeness (QED) is 0.661. The molecule has 7 heteroatoms. The van der Waals surface area contributed by atoms with Gasteiger partial charge < -0.3 is 9.84 Å². The molecule has 2 aromatic heterocycles. The Hall–Kier alpha value is -1.93. The largest absolute Gasteiger partial charge is 0.497 e. The highest BCUT2D eigenvalue weighted by molar-refractivity contribution is 7.15. The van der Waals surface area contributed by atoms with Gasteiger partial charge in [-0.1, -0.05) is 12.1 Å². The number of rotatable bonds is 7. The number of piperazine rings is 1. The molecule has 4 rings (SSSR count). The van der Waals surface area contributed by atoms with E-state index < -0.39 is 0 Å². The number of ether oxygens (including phenoxy) is 1. The van der Waals surface area contributed by atoms with Gasteiger partial charge >= 0.3 is 0 Å². The molecule has 28 heavy (non-hydrogen) atoms. The van der Waals surface area contributed by atoms with Crippen molar-refractivity contribution in [2.75, 3.05) is 33.4 Å². The van der Waals surface area contributed by atoms with E-state index in [2.05, 4.69) is 49.8 Å². The smallest absolute Gasteiger partial charge is 0.194 e. The van der Waals surface area contributed by atoms with Gasteiger partial charge in [0.05, 0.1) is 18.5 Å². The molecule has 1 unspecified atom stereocenters. The number of imidazole rings is 1. The standard InChI is InChI=1S/C21H28N4O2S/c1-16-20(25-9-11-28-21(25)22-16)15-23-7-8-24(18(14-23)6-10-26)13-17-4-3-5-19(12-17)27-2/h3-5,9,11-12,18,26H,6-8,10,13-15H2,1-2H3. The molecule has 0 bridgehead atoms. The molecule has 1 aliphatic rings. The van der Waals surface area contributed by atoms with E-state index in [-0.39, 0.29) is 6.61 Å². The van der Waals surface area contributed by atoms with Crippen LogP contribution >= 0.6 is 11.3 Å². The number of nitrogens with zero attached hydrogens (tertiary/aromatic N) is 4. The van der Waals surface area contributed by atoms with Crippen LogP contribution in [-0.2, 0) is 13.1 Å². The molecule has 150 valence electrons. The number of benzene rings is 1. The van der Waals surface area contributed by atoms with Gasteiger partial charge in [-0.2, -0.15) is 0 Å². The first-order valence-electron chi connectivity index (χ1n) is 9.79. The summed E-state index contributed by atoms with van der Waals surface area (Å²) in [4.78, 5) is 10.7. The van der Waals surface area contributed by atoms with Crippen molar-refractivity contribution in [1.29, 1.82) is 0 Å². The van der Waals surface area contributed by atoms with E-state index in [0.29, 0.717) is 6.04 Å². The Bertz CT molecular complexity index is 922. The van der Waals surface area contributed by atoms with E-state index in [0.717, 1.165) is 55.5 Å². The van der Waals surface area contributed by atoms with Crippen LogP contribution < -0.4 is 4.74 Å². The number of aliphatic hydroxyl groups excluding tert-OH is 1. The molecule has 1 N–H and O–H groups in total. The van der Waals surface area contributed by atoms with Crippen LogP contribution in [0.5, 0.6) is 5.75 Å². The molecule has 1 fully saturated rings. The van der Waals surface area contributed by atoms with Crippen LogP contribution in [-0.4, -0.2) is 63.7 Å². The lowest BCUT2D eigenvalue weighted by atomic mass is 10.1. The van der Waals surface area contributed by atoms with Gasteiger partial charge in [0.15, 0.2) is 4.96 Å². The number of methoxy groups -OCH3 is 1. The third-order valence-electron chi connectivity index (χ3n) is 5.61. The van der Waals surface area contributed by atoms with Gasteiger partial charge in [0.1, 0.15) is 5.75 Å². The fraction of sp³-hybridized carbons (Fsp3) is 0.476. The van der Waals surface area contributed by atoms with E-state index in [9.17, 15) is 5.11 Å². The summed E-state index contributed by atoms with van der Waals surface area (Å²) in [5.74, 6) is 0.894. The van der Waals surface area contributed by atoms with Gasteiger partial charge in [0.2, 0.25) is 0 Å². The molecular formula is C21H28N4O2S. The summed E-state index contributed by atoms with van der Waals surface area (Å²) < 4.78 is 7.57. The van der Waals surface area contributed by atoms with Crippen molar-refractivity contribution in [3.05, 3.63) is 52.8 Å². The molecule has 0 saturated carbocycles. The number of aryl methyl sites for hydroxylation is 1.